The Bertz CT molecular complexity index is 460. The van der Waals surface area contributed by atoms with Gasteiger partial charge in [-0.15, -0.1) is 0 Å². The zero-order chi connectivity index (χ0) is 12.2. The zero-order valence-electron chi connectivity index (χ0n) is 9.33. The lowest BCUT2D eigenvalue weighted by atomic mass is 10.3. The van der Waals surface area contributed by atoms with Crippen LogP contribution in [-0.2, 0) is 10.0 Å². The normalized spacial score (nSPS) is 11.4. The van der Waals surface area contributed by atoms with Crippen molar-refractivity contribution in [3.8, 4) is 0 Å². The minimum absolute atomic E-state index is 0.131. The van der Waals surface area contributed by atoms with Gasteiger partial charge >= 0.3 is 0 Å². The van der Waals surface area contributed by atoms with E-state index in [1.54, 1.807) is 19.1 Å². The molecular formula is C10H15ClN2O2S. The summed E-state index contributed by atoms with van der Waals surface area (Å²) in [5.41, 5.74) is 1.06. The standard InChI is InChI=1S/C10H15ClN2O2S/c1-3-4-7-16(14,15)13-9-5-6-10(11)12-8(9)2/h5-6,13H,3-4,7H2,1-2H3. The molecule has 0 spiro atoms. The molecule has 0 bridgehead atoms. The number of pyridine rings is 1. The van der Waals surface area contributed by atoms with Gasteiger partial charge in [-0.1, -0.05) is 24.9 Å². The van der Waals surface area contributed by atoms with Gasteiger partial charge in [0.05, 0.1) is 17.1 Å². The van der Waals surface area contributed by atoms with Crippen molar-refractivity contribution < 1.29 is 8.42 Å². The monoisotopic (exact) mass is 262 g/mol. The summed E-state index contributed by atoms with van der Waals surface area (Å²) in [4.78, 5) is 3.98. The van der Waals surface area contributed by atoms with Gasteiger partial charge in [-0.2, -0.15) is 0 Å². The largest absolute Gasteiger partial charge is 0.282 e. The van der Waals surface area contributed by atoms with E-state index in [1.165, 1.54) is 0 Å². The van der Waals surface area contributed by atoms with E-state index in [1.807, 2.05) is 6.92 Å². The van der Waals surface area contributed by atoms with Crippen LogP contribution in [0.5, 0.6) is 0 Å². The molecule has 1 N–H and O–H groups in total. The van der Waals surface area contributed by atoms with E-state index in [0.29, 0.717) is 23.0 Å². The van der Waals surface area contributed by atoms with Crippen LogP contribution >= 0.6 is 11.6 Å². The maximum Gasteiger partial charge on any atom is 0.232 e. The number of rotatable bonds is 5. The summed E-state index contributed by atoms with van der Waals surface area (Å²) in [6.07, 6.45) is 1.49. The highest BCUT2D eigenvalue weighted by atomic mass is 35.5. The second-order valence-corrected chi connectivity index (χ2v) is 5.77. The van der Waals surface area contributed by atoms with Crippen molar-refractivity contribution in [2.45, 2.75) is 26.7 Å². The topological polar surface area (TPSA) is 59.1 Å². The molecule has 4 nitrogen and oxygen atoms in total. The predicted octanol–water partition coefficient (Wildman–Crippen LogP) is 2.59. The molecule has 90 valence electrons. The van der Waals surface area contributed by atoms with Crippen molar-refractivity contribution in [1.82, 2.24) is 4.98 Å². The molecule has 0 radical (unpaired) electrons. The third-order valence-electron chi connectivity index (χ3n) is 2.08. The Labute approximate surface area is 101 Å². The average molecular weight is 263 g/mol. The van der Waals surface area contributed by atoms with Crippen LogP contribution in [-0.4, -0.2) is 19.2 Å². The second-order valence-electron chi connectivity index (χ2n) is 3.54. The van der Waals surface area contributed by atoms with E-state index in [4.69, 9.17) is 11.6 Å². The zero-order valence-corrected chi connectivity index (χ0v) is 10.9. The quantitative estimate of drug-likeness (QED) is 0.830. The highest BCUT2D eigenvalue weighted by Crippen LogP contribution is 2.17. The molecule has 1 rings (SSSR count). The number of hydrogen-bond donors (Lipinski definition) is 1. The number of sulfonamides is 1. The Hall–Kier alpha value is -0.810. The number of aryl methyl sites for hydroxylation is 1. The molecule has 0 unspecified atom stereocenters. The highest BCUT2D eigenvalue weighted by Gasteiger charge is 2.11. The maximum atomic E-state index is 11.6. The molecule has 0 aliphatic rings. The number of nitrogens with zero attached hydrogens (tertiary/aromatic N) is 1. The first-order chi connectivity index (χ1) is 7.44. The Morgan fingerprint density at radius 2 is 2.12 bits per heavy atom. The number of aromatic nitrogens is 1. The Morgan fingerprint density at radius 3 is 2.69 bits per heavy atom. The lowest BCUT2D eigenvalue weighted by Crippen LogP contribution is -2.17. The average Bonchev–Trinajstić information content (AvgIpc) is 2.19. The van der Waals surface area contributed by atoms with Crippen LogP contribution in [0.4, 0.5) is 5.69 Å². The Balaban J connectivity index is 2.80. The highest BCUT2D eigenvalue weighted by molar-refractivity contribution is 7.92. The summed E-state index contributed by atoms with van der Waals surface area (Å²) in [5, 5.41) is 0.356. The van der Waals surface area contributed by atoms with Crippen LogP contribution in [0.15, 0.2) is 12.1 Å². The first-order valence-electron chi connectivity index (χ1n) is 5.08. The van der Waals surface area contributed by atoms with Crippen LogP contribution in [0, 0.1) is 6.92 Å². The SMILES string of the molecule is CCCCS(=O)(=O)Nc1ccc(Cl)nc1C. The van der Waals surface area contributed by atoms with Gasteiger partial charge in [0.15, 0.2) is 0 Å². The minimum atomic E-state index is -3.27. The molecule has 1 aromatic heterocycles. The Kier molecular flexibility index (Phi) is 4.56. The van der Waals surface area contributed by atoms with E-state index in [-0.39, 0.29) is 5.75 Å². The van der Waals surface area contributed by atoms with Crippen molar-refractivity contribution >= 4 is 27.3 Å². The van der Waals surface area contributed by atoms with Gasteiger partial charge in [0, 0.05) is 0 Å². The van der Waals surface area contributed by atoms with Crippen LogP contribution in [0.3, 0.4) is 0 Å². The molecule has 0 aliphatic heterocycles. The predicted molar refractivity (Wildman–Crippen MR) is 66.3 cm³/mol. The van der Waals surface area contributed by atoms with Crippen LogP contribution in [0.25, 0.3) is 0 Å². The first kappa shape index (κ1) is 13.3. The fourth-order valence-electron chi connectivity index (χ4n) is 1.19. The summed E-state index contributed by atoms with van der Waals surface area (Å²) in [6.45, 7) is 3.66. The summed E-state index contributed by atoms with van der Waals surface area (Å²) in [6, 6.07) is 3.18. The van der Waals surface area contributed by atoms with Gasteiger partial charge in [-0.25, -0.2) is 13.4 Å². The molecule has 0 saturated heterocycles. The molecular weight excluding hydrogens is 248 g/mol. The van der Waals surface area contributed by atoms with Gasteiger partial charge in [-0.05, 0) is 25.5 Å². The van der Waals surface area contributed by atoms with Crippen molar-refractivity contribution in [2.24, 2.45) is 0 Å². The molecule has 1 aromatic rings. The molecule has 0 aliphatic carbocycles. The lowest BCUT2D eigenvalue weighted by Gasteiger charge is -2.09. The summed E-state index contributed by atoms with van der Waals surface area (Å²) < 4.78 is 25.7. The maximum absolute atomic E-state index is 11.6. The minimum Gasteiger partial charge on any atom is -0.282 e. The van der Waals surface area contributed by atoms with Crippen molar-refractivity contribution in [2.75, 3.05) is 10.5 Å². The summed E-state index contributed by atoms with van der Waals surface area (Å²) >= 11 is 5.68. The van der Waals surface area contributed by atoms with Crippen LogP contribution in [0.2, 0.25) is 5.15 Å². The van der Waals surface area contributed by atoms with Crippen molar-refractivity contribution in [3.63, 3.8) is 0 Å². The van der Waals surface area contributed by atoms with Crippen molar-refractivity contribution in [3.05, 3.63) is 23.0 Å². The van der Waals surface area contributed by atoms with Gasteiger partial charge in [0.2, 0.25) is 10.0 Å². The molecule has 6 heteroatoms. The molecule has 1 heterocycles. The van der Waals surface area contributed by atoms with Gasteiger partial charge in [0.1, 0.15) is 5.15 Å². The number of halogens is 1. The fraction of sp³-hybridized carbons (Fsp3) is 0.500. The fourth-order valence-corrected chi connectivity index (χ4v) is 2.70. The van der Waals surface area contributed by atoms with Gasteiger partial charge in [-0.3, -0.25) is 4.72 Å². The summed E-state index contributed by atoms with van der Waals surface area (Å²) in [7, 11) is -3.27. The molecule has 0 amide bonds. The Morgan fingerprint density at radius 1 is 1.44 bits per heavy atom. The molecule has 0 fully saturated rings. The third kappa shape index (κ3) is 3.98. The lowest BCUT2D eigenvalue weighted by molar-refractivity contribution is 0.598. The number of unbranched alkanes of at least 4 members (excludes halogenated alkanes) is 1. The molecule has 0 saturated carbocycles. The summed E-state index contributed by atoms with van der Waals surface area (Å²) in [5.74, 6) is 0.131. The van der Waals surface area contributed by atoms with Crippen LogP contribution in [0.1, 0.15) is 25.5 Å². The van der Waals surface area contributed by atoms with E-state index in [9.17, 15) is 8.42 Å². The van der Waals surface area contributed by atoms with Gasteiger partial charge in [0.25, 0.3) is 0 Å². The molecule has 0 aromatic carbocycles. The van der Waals surface area contributed by atoms with E-state index in [2.05, 4.69) is 9.71 Å². The third-order valence-corrected chi connectivity index (χ3v) is 3.65. The smallest absolute Gasteiger partial charge is 0.232 e. The molecule has 0 atom stereocenters. The number of anilines is 1. The molecule has 16 heavy (non-hydrogen) atoms. The number of hydrogen-bond acceptors (Lipinski definition) is 3. The first-order valence-corrected chi connectivity index (χ1v) is 7.11. The van der Waals surface area contributed by atoms with Crippen LogP contribution < -0.4 is 4.72 Å². The van der Waals surface area contributed by atoms with E-state index in [0.717, 1.165) is 6.42 Å². The van der Waals surface area contributed by atoms with E-state index < -0.39 is 10.0 Å². The van der Waals surface area contributed by atoms with Gasteiger partial charge < -0.3 is 0 Å². The number of nitrogens with one attached hydrogen (secondary N) is 1. The van der Waals surface area contributed by atoms with E-state index >= 15 is 0 Å². The second kappa shape index (κ2) is 5.50. The van der Waals surface area contributed by atoms with Crippen molar-refractivity contribution in [1.29, 1.82) is 0 Å².